The van der Waals surface area contributed by atoms with Gasteiger partial charge in [-0.2, -0.15) is 5.10 Å². The topological polar surface area (TPSA) is 129 Å². The van der Waals surface area contributed by atoms with Gasteiger partial charge >= 0.3 is 12.0 Å². The fourth-order valence-corrected chi connectivity index (χ4v) is 0.963. The molecular formula is C8H13N5O4. The Morgan fingerprint density at radius 1 is 1.53 bits per heavy atom. The number of aliphatic hydroxyl groups is 1. The third-order valence-corrected chi connectivity index (χ3v) is 1.80. The summed E-state index contributed by atoms with van der Waals surface area (Å²) in [4.78, 5) is 25.3. The molecule has 0 aliphatic carbocycles. The molecule has 0 radical (unpaired) electrons. The van der Waals surface area contributed by atoms with Gasteiger partial charge in [0.1, 0.15) is 6.33 Å². The normalized spacial score (nSPS) is 11.9. The lowest BCUT2D eigenvalue weighted by Gasteiger charge is -2.08. The van der Waals surface area contributed by atoms with E-state index in [9.17, 15) is 9.59 Å². The maximum absolute atomic E-state index is 11.2. The van der Waals surface area contributed by atoms with E-state index in [1.54, 1.807) is 7.05 Å². The summed E-state index contributed by atoms with van der Waals surface area (Å²) < 4.78 is 1.49. The number of hydrogen-bond acceptors (Lipinski definition) is 5. The van der Waals surface area contributed by atoms with Gasteiger partial charge in [-0.05, 0) is 0 Å². The second-order valence-corrected chi connectivity index (χ2v) is 3.25. The highest BCUT2D eigenvalue weighted by molar-refractivity contribution is 5.76. The Balaban J connectivity index is 2.24. The van der Waals surface area contributed by atoms with Crippen molar-refractivity contribution in [1.82, 2.24) is 25.4 Å². The van der Waals surface area contributed by atoms with Gasteiger partial charge in [-0.25, -0.2) is 14.6 Å². The van der Waals surface area contributed by atoms with Gasteiger partial charge in [-0.3, -0.25) is 4.68 Å². The highest BCUT2D eigenvalue weighted by Gasteiger charge is 2.13. The molecule has 2 amide bonds. The number of aliphatic carboxylic acids is 1. The van der Waals surface area contributed by atoms with Crippen LogP contribution in [0.15, 0.2) is 6.33 Å². The third kappa shape index (κ3) is 4.47. The van der Waals surface area contributed by atoms with Gasteiger partial charge in [-0.1, -0.05) is 0 Å². The largest absolute Gasteiger partial charge is 0.479 e. The van der Waals surface area contributed by atoms with Crippen LogP contribution in [0.3, 0.4) is 0 Å². The van der Waals surface area contributed by atoms with Crippen LogP contribution in [0.5, 0.6) is 0 Å². The number of hydrogen-bond donors (Lipinski definition) is 4. The molecule has 1 rings (SSSR count). The number of carbonyl (C=O) groups excluding carboxylic acids is 1. The minimum atomic E-state index is -1.62. The average molecular weight is 243 g/mol. The maximum Gasteiger partial charge on any atom is 0.334 e. The molecule has 0 spiro atoms. The van der Waals surface area contributed by atoms with Crippen molar-refractivity contribution in [2.24, 2.45) is 7.05 Å². The van der Waals surface area contributed by atoms with E-state index in [1.807, 2.05) is 0 Å². The third-order valence-electron chi connectivity index (χ3n) is 1.80. The van der Waals surface area contributed by atoms with Crippen molar-refractivity contribution in [2.45, 2.75) is 12.6 Å². The maximum atomic E-state index is 11.2. The summed E-state index contributed by atoms with van der Waals surface area (Å²) in [6.45, 7) is -0.243. The lowest BCUT2D eigenvalue weighted by atomic mass is 10.4. The number of rotatable bonds is 5. The molecule has 1 heterocycles. The summed E-state index contributed by atoms with van der Waals surface area (Å²) in [5.41, 5.74) is 0. The molecule has 0 bridgehead atoms. The van der Waals surface area contributed by atoms with Crippen LogP contribution in [-0.2, 0) is 18.4 Å². The van der Waals surface area contributed by atoms with Gasteiger partial charge in [0.2, 0.25) is 0 Å². The van der Waals surface area contributed by atoms with Crippen molar-refractivity contribution in [3.05, 3.63) is 12.2 Å². The van der Waals surface area contributed by atoms with Crippen LogP contribution in [0, 0.1) is 0 Å². The molecule has 9 heteroatoms. The molecule has 94 valence electrons. The molecule has 1 aromatic heterocycles. The Morgan fingerprint density at radius 3 is 2.76 bits per heavy atom. The van der Waals surface area contributed by atoms with E-state index < -0.39 is 18.1 Å². The number of aromatic nitrogens is 3. The molecule has 0 saturated heterocycles. The SMILES string of the molecule is Cn1cnc(CNC(=O)NC[C@H](O)C(=O)O)n1. The van der Waals surface area contributed by atoms with E-state index >= 15 is 0 Å². The zero-order valence-electron chi connectivity index (χ0n) is 9.12. The molecular weight excluding hydrogens is 230 g/mol. The van der Waals surface area contributed by atoms with Gasteiger partial charge in [0.05, 0.1) is 13.1 Å². The first-order valence-corrected chi connectivity index (χ1v) is 4.76. The summed E-state index contributed by atoms with van der Waals surface area (Å²) in [5, 5.41) is 25.8. The quantitative estimate of drug-likeness (QED) is 0.476. The molecule has 0 fully saturated rings. The minimum absolute atomic E-state index is 0.121. The Labute approximate surface area is 96.5 Å². The molecule has 0 aliphatic heterocycles. The summed E-state index contributed by atoms with van der Waals surface area (Å²) in [6.07, 6.45) is -0.128. The van der Waals surface area contributed by atoms with Gasteiger partial charge in [-0.15, -0.1) is 0 Å². The predicted octanol–water partition coefficient (Wildman–Crippen LogP) is -1.94. The molecule has 9 nitrogen and oxygen atoms in total. The molecule has 0 saturated carbocycles. The molecule has 1 aromatic rings. The number of carbonyl (C=O) groups is 2. The lowest BCUT2D eigenvalue weighted by molar-refractivity contribution is -0.146. The molecule has 0 unspecified atom stereocenters. The number of nitrogens with one attached hydrogen (secondary N) is 2. The Bertz CT molecular complexity index is 404. The number of carboxylic acid groups (broad SMARTS) is 1. The van der Waals surface area contributed by atoms with Crippen molar-refractivity contribution in [3.8, 4) is 0 Å². The standard InChI is InChI=1S/C8H13N5O4/c1-13-4-11-6(12-13)3-10-8(17)9-2-5(14)7(15)16/h4-5,14H,2-3H2,1H3,(H,15,16)(H2,9,10,17)/t5-/m0/s1. The first-order chi connectivity index (χ1) is 7.99. The average Bonchev–Trinajstić information content (AvgIpc) is 2.69. The van der Waals surface area contributed by atoms with Crippen LogP contribution >= 0.6 is 0 Å². The van der Waals surface area contributed by atoms with Crippen LogP contribution in [-0.4, -0.2) is 49.6 Å². The molecule has 4 N–H and O–H groups in total. The fourth-order valence-electron chi connectivity index (χ4n) is 0.963. The highest BCUT2D eigenvalue weighted by atomic mass is 16.4. The van der Waals surface area contributed by atoms with E-state index in [4.69, 9.17) is 10.2 Å². The zero-order chi connectivity index (χ0) is 12.8. The predicted molar refractivity (Wildman–Crippen MR) is 54.9 cm³/mol. The smallest absolute Gasteiger partial charge is 0.334 e. The Hall–Kier alpha value is -2.16. The van der Waals surface area contributed by atoms with Gasteiger partial charge < -0.3 is 20.8 Å². The van der Waals surface area contributed by atoms with E-state index in [1.165, 1.54) is 11.0 Å². The Kier molecular flexibility index (Phi) is 4.40. The van der Waals surface area contributed by atoms with Gasteiger partial charge in [0.15, 0.2) is 11.9 Å². The van der Waals surface area contributed by atoms with E-state index in [0.717, 1.165) is 0 Å². The molecule has 0 aromatic carbocycles. The second kappa shape index (κ2) is 5.80. The first kappa shape index (κ1) is 12.9. The number of urea groups is 1. The van der Waals surface area contributed by atoms with E-state index in [-0.39, 0.29) is 13.1 Å². The number of aryl methyl sites for hydroxylation is 1. The molecule has 1 atom stereocenters. The second-order valence-electron chi connectivity index (χ2n) is 3.25. The monoisotopic (exact) mass is 243 g/mol. The van der Waals surface area contributed by atoms with Crippen LogP contribution < -0.4 is 10.6 Å². The van der Waals surface area contributed by atoms with Crippen LogP contribution in [0.1, 0.15) is 5.82 Å². The summed E-state index contributed by atoms with van der Waals surface area (Å²) in [7, 11) is 1.69. The van der Waals surface area contributed by atoms with Crippen molar-refractivity contribution in [1.29, 1.82) is 0 Å². The summed E-state index contributed by atoms with van der Waals surface area (Å²) in [5.74, 6) is -0.960. The first-order valence-electron chi connectivity index (χ1n) is 4.76. The highest BCUT2D eigenvalue weighted by Crippen LogP contribution is 1.86. The van der Waals surface area contributed by atoms with Crippen molar-refractivity contribution in [2.75, 3.05) is 6.54 Å². The van der Waals surface area contributed by atoms with E-state index in [0.29, 0.717) is 5.82 Å². The molecule has 0 aliphatic rings. The number of aliphatic hydroxyl groups excluding tert-OH is 1. The number of carboxylic acids is 1. The number of amides is 2. The van der Waals surface area contributed by atoms with Gasteiger partial charge in [0.25, 0.3) is 0 Å². The minimum Gasteiger partial charge on any atom is -0.479 e. The van der Waals surface area contributed by atoms with Crippen LogP contribution in [0.2, 0.25) is 0 Å². The summed E-state index contributed by atoms with van der Waals surface area (Å²) in [6, 6.07) is -0.599. The van der Waals surface area contributed by atoms with Gasteiger partial charge in [0, 0.05) is 7.05 Å². The Morgan fingerprint density at radius 2 is 2.24 bits per heavy atom. The van der Waals surface area contributed by atoms with Crippen molar-refractivity contribution < 1.29 is 19.8 Å². The lowest BCUT2D eigenvalue weighted by Crippen LogP contribution is -2.41. The van der Waals surface area contributed by atoms with Crippen molar-refractivity contribution >= 4 is 12.0 Å². The summed E-state index contributed by atoms with van der Waals surface area (Å²) >= 11 is 0. The fraction of sp³-hybridized carbons (Fsp3) is 0.500. The van der Waals surface area contributed by atoms with Crippen molar-refractivity contribution in [3.63, 3.8) is 0 Å². The van der Waals surface area contributed by atoms with E-state index in [2.05, 4.69) is 20.7 Å². The molecule has 17 heavy (non-hydrogen) atoms. The zero-order valence-corrected chi connectivity index (χ0v) is 9.12. The van der Waals surface area contributed by atoms with Crippen LogP contribution in [0.4, 0.5) is 4.79 Å². The van der Waals surface area contributed by atoms with Crippen LogP contribution in [0.25, 0.3) is 0 Å². The number of nitrogens with zero attached hydrogens (tertiary/aromatic N) is 3.